The van der Waals surface area contributed by atoms with Crippen LogP contribution >= 0.6 is 0 Å². The van der Waals surface area contributed by atoms with Crippen molar-refractivity contribution in [1.29, 1.82) is 0 Å². The number of rotatable bonds is 7. The van der Waals surface area contributed by atoms with E-state index < -0.39 is 0 Å². The van der Waals surface area contributed by atoms with Gasteiger partial charge < -0.3 is 19.8 Å². The molecule has 0 fully saturated rings. The number of methoxy groups -OCH3 is 2. The Labute approximate surface area is 151 Å². The van der Waals surface area contributed by atoms with Gasteiger partial charge in [0.1, 0.15) is 11.5 Å². The van der Waals surface area contributed by atoms with Gasteiger partial charge in [-0.15, -0.1) is 0 Å². The predicted molar refractivity (Wildman–Crippen MR) is 107 cm³/mol. The van der Waals surface area contributed by atoms with Gasteiger partial charge in [0.25, 0.3) is 0 Å². The molecule has 2 aromatic carbocycles. The van der Waals surface area contributed by atoms with E-state index in [0.717, 1.165) is 35.7 Å². The lowest BCUT2D eigenvalue weighted by molar-refractivity contribution is 0.388. The van der Waals surface area contributed by atoms with Gasteiger partial charge in [0, 0.05) is 24.3 Å². The molecule has 2 aromatic rings. The van der Waals surface area contributed by atoms with Gasteiger partial charge in [0.2, 0.25) is 0 Å². The van der Waals surface area contributed by atoms with Crippen molar-refractivity contribution < 1.29 is 14.9 Å². The Bertz CT molecular complexity index is 664. The van der Waals surface area contributed by atoms with Crippen molar-refractivity contribution in [2.75, 3.05) is 32.2 Å². The van der Waals surface area contributed by atoms with Crippen LogP contribution < -0.4 is 14.4 Å². The molecule has 0 amide bonds. The minimum absolute atomic E-state index is 0. The first-order valence-corrected chi connectivity index (χ1v) is 8.38. The maximum absolute atomic E-state index is 5.43. The lowest BCUT2D eigenvalue weighted by atomic mass is 10.1. The number of ether oxygens (including phenoxy) is 2. The molecular weight excluding hydrogens is 314 g/mol. The van der Waals surface area contributed by atoms with Gasteiger partial charge in [-0.05, 0) is 56.2 Å². The molecule has 0 radical (unpaired) electrons. The van der Waals surface area contributed by atoms with Gasteiger partial charge in [-0.1, -0.05) is 24.3 Å². The number of hydrogen-bond donors (Lipinski definition) is 0. The number of benzene rings is 2. The Morgan fingerprint density at radius 3 is 1.76 bits per heavy atom. The van der Waals surface area contributed by atoms with E-state index in [1.807, 2.05) is 19.1 Å². The molecule has 0 aliphatic carbocycles. The molecule has 0 saturated heterocycles. The van der Waals surface area contributed by atoms with Crippen molar-refractivity contribution in [1.82, 2.24) is 0 Å². The highest BCUT2D eigenvalue weighted by Gasteiger charge is 2.07. The first kappa shape index (κ1) is 20.6. The van der Waals surface area contributed by atoms with Crippen LogP contribution in [-0.4, -0.2) is 32.8 Å². The van der Waals surface area contributed by atoms with E-state index in [9.17, 15) is 0 Å². The van der Waals surface area contributed by atoms with Crippen LogP contribution in [0.4, 0.5) is 5.69 Å². The average Bonchev–Trinajstić information content (AvgIpc) is 2.62. The maximum atomic E-state index is 5.43. The van der Waals surface area contributed by atoms with Gasteiger partial charge >= 0.3 is 0 Å². The molecule has 0 aliphatic heterocycles. The zero-order valence-electron chi connectivity index (χ0n) is 15.8. The van der Waals surface area contributed by atoms with Crippen molar-refractivity contribution in [2.24, 2.45) is 0 Å². The molecular formula is C21H29NO3. The van der Waals surface area contributed by atoms with Crippen molar-refractivity contribution in [3.8, 4) is 11.5 Å². The quantitative estimate of drug-likeness (QED) is 0.708. The summed E-state index contributed by atoms with van der Waals surface area (Å²) in [4.78, 5) is 2.34. The van der Waals surface area contributed by atoms with Crippen molar-refractivity contribution in [3.63, 3.8) is 0 Å². The highest BCUT2D eigenvalue weighted by atomic mass is 16.5. The van der Waals surface area contributed by atoms with Crippen LogP contribution in [0.5, 0.6) is 11.5 Å². The third-order valence-corrected chi connectivity index (χ3v) is 4.26. The summed E-state index contributed by atoms with van der Waals surface area (Å²) in [5, 5.41) is 0. The van der Waals surface area contributed by atoms with Gasteiger partial charge in [-0.3, -0.25) is 0 Å². The normalized spacial score (nSPS) is 10.4. The van der Waals surface area contributed by atoms with Gasteiger partial charge in [0.05, 0.1) is 14.2 Å². The summed E-state index contributed by atoms with van der Waals surface area (Å²) in [6, 6.07) is 12.7. The molecule has 0 atom stereocenters. The van der Waals surface area contributed by atoms with E-state index >= 15 is 0 Å². The first-order chi connectivity index (χ1) is 11.6. The summed E-state index contributed by atoms with van der Waals surface area (Å²) >= 11 is 0. The van der Waals surface area contributed by atoms with Crippen molar-refractivity contribution in [2.45, 2.75) is 20.8 Å². The second kappa shape index (κ2) is 9.74. The topological polar surface area (TPSA) is 53.2 Å². The second-order valence-corrected chi connectivity index (χ2v) is 5.65. The first-order valence-electron chi connectivity index (χ1n) is 8.38. The molecule has 0 bridgehead atoms. The largest absolute Gasteiger partial charge is 0.496 e. The summed E-state index contributed by atoms with van der Waals surface area (Å²) in [7, 11) is 3.36. The molecule has 0 spiro atoms. The highest BCUT2D eigenvalue weighted by Crippen LogP contribution is 2.30. The van der Waals surface area contributed by atoms with E-state index in [2.05, 4.69) is 55.2 Å². The molecule has 0 heterocycles. The van der Waals surface area contributed by atoms with Crippen LogP contribution in [0, 0.1) is 6.92 Å². The molecule has 136 valence electrons. The van der Waals surface area contributed by atoms with Crippen LogP contribution in [0.3, 0.4) is 0 Å². The standard InChI is InChI=1S/C21H27NO2.H2O/c1-6-22(7-2)19-12-10-17(11-13-19)8-9-18-14-20(23-4)16(3)21(15-18)24-5;/h8-15H,6-7H2,1-5H3;1H2/b9-8+;. The fourth-order valence-electron chi connectivity index (χ4n) is 2.78. The van der Waals surface area contributed by atoms with Gasteiger partial charge in [0.15, 0.2) is 0 Å². The minimum Gasteiger partial charge on any atom is -0.496 e. The van der Waals surface area contributed by atoms with Crippen molar-refractivity contribution >= 4 is 17.8 Å². The molecule has 0 saturated carbocycles. The Morgan fingerprint density at radius 2 is 1.32 bits per heavy atom. The van der Waals surface area contributed by atoms with Crippen LogP contribution in [0.1, 0.15) is 30.5 Å². The monoisotopic (exact) mass is 343 g/mol. The smallest absolute Gasteiger partial charge is 0.126 e. The van der Waals surface area contributed by atoms with Crippen LogP contribution in [0.15, 0.2) is 36.4 Å². The third kappa shape index (κ3) is 5.00. The number of nitrogens with zero attached hydrogens (tertiary/aromatic N) is 1. The highest BCUT2D eigenvalue weighted by molar-refractivity contribution is 5.72. The molecule has 0 aliphatic rings. The SMILES string of the molecule is CCN(CC)c1ccc(/C=C/c2cc(OC)c(C)c(OC)c2)cc1.O. The molecule has 0 aromatic heterocycles. The molecule has 2 N–H and O–H groups in total. The fourth-order valence-corrected chi connectivity index (χ4v) is 2.78. The summed E-state index contributed by atoms with van der Waals surface area (Å²) < 4.78 is 10.9. The Kier molecular flexibility index (Phi) is 8.02. The average molecular weight is 343 g/mol. The van der Waals surface area contributed by atoms with Crippen molar-refractivity contribution in [3.05, 3.63) is 53.1 Å². The zero-order valence-corrected chi connectivity index (χ0v) is 15.8. The lowest BCUT2D eigenvalue weighted by Gasteiger charge is -2.20. The van der Waals surface area contributed by atoms with Crippen LogP contribution in [0.2, 0.25) is 0 Å². The molecule has 2 rings (SSSR count). The van der Waals surface area contributed by atoms with E-state index in [-0.39, 0.29) is 5.48 Å². The number of anilines is 1. The van der Waals surface area contributed by atoms with E-state index in [1.165, 1.54) is 11.3 Å². The molecule has 4 heteroatoms. The van der Waals surface area contributed by atoms with Crippen LogP contribution in [0.25, 0.3) is 12.2 Å². The molecule has 4 nitrogen and oxygen atoms in total. The van der Waals surface area contributed by atoms with E-state index in [0.29, 0.717) is 0 Å². The second-order valence-electron chi connectivity index (χ2n) is 5.65. The summed E-state index contributed by atoms with van der Waals surface area (Å²) in [5.41, 5.74) is 4.50. The summed E-state index contributed by atoms with van der Waals surface area (Å²) in [6.07, 6.45) is 4.19. The Hall–Kier alpha value is -2.46. The van der Waals surface area contributed by atoms with Gasteiger partial charge in [-0.2, -0.15) is 0 Å². The zero-order chi connectivity index (χ0) is 17.5. The van der Waals surface area contributed by atoms with E-state index in [1.54, 1.807) is 14.2 Å². The molecule has 0 unspecified atom stereocenters. The summed E-state index contributed by atoms with van der Waals surface area (Å²) in [6.45, 7) is 8.39. The third-order valence-electron chi connectivity index (χ3n) is 4.26. The van der Waals surface area contributed by atoms with Crippen LogP contribution in [-0.2, 0) is 0 Å². The summed E-state index contributed by atoms with van der Waals surface area (Å²) in [5.74, 6) is 1.68. The Morgan fingerprint density at radius 1 is 0.840 bits per heavy atom. The fraction of sp³-hybridized carbons (Fsp3) is 0.333. The van der Waals surface area contributed by atoms with E-state index in [4.69, 9.17) is 9.47 Å². The van der Waals surface area contributed by atoms with Gasteiger partial charge in [-0.25, -0.2) is 0 Å². The predicted octanol–water partition coefficient (Wildman–Crippen LogP) is 4.20. The Balaban J connectivity index is 0.00000312. The maximum Gasteiger partial charge on any atom is 0.126 e. The molecule has 25 heavy (non-hydrogen) atoms. The lowest BCUT2D eigenvalue weighted by Crippen LogP contribution is -2.21. The number of hydrogen-bond acceptors (Lipinski definition) is 3. The minimum atomic E-state index is 0.